The number of hydrogen-bond acceptors (Lipinski definition) is 7. The molecule has 2 heterocycles. The summed E-state index contributed by atoms with van der Waals surface area (Å²) < 4.78 is 32.9. The Morgan fingerprint density at radius 1 is 1.11 bits per heavy atom. The fraction of sp³-hybridized carbons (Fsp3) is 0.647. The number of nitro groups is 1. The monoisotopic (exact) mass is 398 g/mol. The summed E-state index contributed by atoms with van der Waals surface area (Å²) in [6, 6.07) is 4.21. The first-order valence-corrected chi connectivity index (χ1v) is 10.5. The third kappa shape index (κ3) is 4.23. The fourth-order valence-corrected chi connectivity index (χ4v) is 5.07. The molecule has 0 aromatic heterocycles. The second kappa shape index (κ2) is 7.70. The summed E-state index contributed by atoms with van der Waals surface area (Å²) in [5.74, 6) is 0. The van der Waals surface area contributed by atoms with E-state index in [4.69, 9.17) is 4.74 Å². The SMILES string of the molecule is C[C@H]1CN(c2ccc(S(=O)(=O)N3CCN(C)CC3)cc2[N+](=O)[O-])C[C@H](C)O1. The van der Waals surface area contributed by atoms with Crippen LogP contribution in [0.4, 0.5) is 11.4 Å². The lowest BCUT2D eigenvalue weighted by Gasteiger charge is -2.36. The molecule has 2 aliphatic heterocycles. The highest BCUT2D eigenvalue weighted by Gasteiger charge is 2.32. The van der Waals surface area contributed by atoms with Gasteiger partial charge in [0.2, 0.25) is 10.0 Å². The van der Waals surface area contributed by atoms with Crippen molar-refractivity contribution in [2.45, 2.75) is 31.0 Å². The molecule has 0 amide bonds. The first kappa shape index (κ1) is 20.0. The third-order valence-electron chi connectivity index (χ3n) is 5.00. The molecule has 0 N–H and O–H groups in total. The molecule has 1 aromatic carbocycles. The summed E-state index contributed by atoms with van der Waals surface area (Å²) in [5.41, 5.74) is 0.242. The predicted molar refractivity (Wildman–Crippen MR) is 102 cm³/mol. The molecule has 0 bridgehead atoms. The van der Waals surface area contributed by atoms with Crippen molar-refractivity contribution in [2.24, 2.45) is 0 Å². The molecule has 0 saturated carbocycles. The van der Waals surface area contributed by atoms with E-state index in [1.165, 1.54) is 16.4 Å². The molecule has 0 radical (unpaired) electrons. The fourth-order valence-electron chi connectivity index (χ4n) is 3.63. The number of ether oxygens (including phenoxy) is 1. The molecule has 9 nitrogen and oxygen atoms in total. The van der Waals surface area contributed by atoms with Crippen molar-refractivity contribution < 1.29 is 18.1 Å². The van der Waals surface area contributed by atoms with E-state index in [-0.39, 0.29) is 22.8 Å². The number of nitrogens with zero attached hydrogens (tertiary/aromatic N) is 4. The van der Waals surface area contributed by atoms with Crippen LogP contribution in [0.2, 0.25) is 0 Å². The number of sulfonamides is 1. The Balaban J connectivity index is 1.93. The first-order valence-electron chi connectivity index (χ1n) is 9.06. The lowest BCUT2D eigenvalue weighted by molar-refractivity contribution is -0.384. The van der Waals surface area contributed by atoms with Gasteiger partial charge in [0.1, 0.15) is 5.69 Å². The lowest BCUT2D eigenvalue weighted by Crippen LogP contribution is -2.47. The van der Waals surface area contributed by atoms with Crippen molar-refractivity contribution in [3.63, 3.8) is 0 Å². The molecule has 0 aliphatic carbocycles. The predicted octanol–water partition coefficient (Wildman–Crippen LogP) is 1.14. The quantitative estimate of drug-likeness (QED) is 0.554. The first-order chi connectivity index (χ1) is 12.7. The van der Waals surface area contributed by atoms with Crippen LogP contribution in [0, 0.1) is 10.1 Å². The normalized spacial score (nSPS) is 25.5. The minimum Gasteiger partial charge on any atom is -0.372 e. The summed E-state index contributed by atoms with van der Waals surface area (Å²) in [5, 5.41) is 11.7. The van der Waals surface area contributed by atoms with Crippen LogP contribution in [0.1, 0.15) is 13.8 Å². The maximum atomic E-state index is 12.9. The van der Waals surface area contributed by atoms with Crippen LogP contribution in [0.5, 0.6) is 0 Å². The van der Waals surface area contributed by atoms with Crippen LogP contribution in [-0.4, -0.2) is 81.1 Å². The van der Waals surface area contributed by atoms with E-state index in [1.54, 1.807) is 6.07 Å². The highest BCUT2D eigenvalue weighted by Crippen LogP contribution is 2.33. The zero-order valence-corrected chi connectivity index (χ0v) is 16.7. The molecular formula is C17H26N4O5S. The minimum absolute atomic E-state index is 0.0307. The van der Waals surface area contributed by atoms with E-state index in [0.29, 0.717) is 45.0 Å². The smallest absolute Gasteiger partial charge is 0.293 e. The number of hydrogen-bond donors (Lipinski definition) is 0. The van der Waals surface area contributed by atoms with Gasteiger partial charge in [-0.25, -0.2) is 8.42 Å². The second-order valence-electron chi connectivity index (χ2n) is 7.28. The van der Waals surface area contributed by atoms with Gasteiger partial charge in [0, 0.05) is 45.3 Å². The van der Waals surface area contributed by atoms with Crippen LogP contribution < -0.4 is 4.90 Å². The van der Waals surface area contributed by atoms with Crippen LogP contribution >= 0.6 is 0 Å². The molecule has 3 rings (SSSR count). The van der Waals surface area contributed by atoms with Crippen molar-refractivity contribution in [3.8, 4) is 0 Å². The van der Waals surface area contributed by atoms with Gasteiger partial charge < -0.3 is 14.5 Å². The van der Waals surface area contributed by atoms with Gasteiger partial charge in [0.15, 0.2) is 0 Å². The average molecular weight is 398 g/mol. The molecule has 2 fully saturated rings. The summed E-state index contributed by atoms with van der Waals surface area (Å²) in [7, 11) is -1.81. The Kier molecular flexibility index (Phi) is 5.71. The molecule has 2 aliphatic rings. The molecular weight excluding hydrogens is 372 g/mol. The number of piperazine rings is 1. The van der Waals surface area contributed by atoms with Crippen LogP contribution in [0.15, 0.2) is 23.1 Å². The van der Waals surface area contributed by atoms with Crippen LogP contribution in [0.25, 0.3) is 0 Å². The summed E-state index contributed by atoms with van der Waals surface area (Å²) in [4.78, 5) is 15.1. The van der Waals surface area contributed by atoms with Gasteiger partial charge in [-0.15, -0.1) is 0 Å². The van der Waals surface area contributed by atoms with Gasteiger partial charge in [-0.3, -0.25) is 10.1 Å². The van der Waals surface area contributed by atoms with E-state index in [1.807, 2.05) is 25.8 Å². The van der Waals surface area contributed by atoms with Crippen molar-refractivity contribution in [2.75, 3.05) is 51.2 Å². The topological polar surface area (TPSA) is 96.2 Å². The third-order valence-corrected chi connectivity index (χ3v) is 6.90. The molecule has 1 aromatic rings. The summed E-state index contributed by atoms with van der Waals surface area (Å²) >= 11 is 0. The zero-order chi connectivity index (χ0) is 19.8. The summed E-state index contributed by atoms with van der Waals surface area (Å²) in [6.07, 6.45) is -0.107. The molecule has 27 heavy (non-hydrogen) atoms. The minimum atomic E-state index is -3.75. The Morgan fingerprint density at radius 2 is 1.70 bits per heavy atom. The number of anilines is 1. The maximum absolute atomic E-state index is 12.9. The Bertz CT molecular complexity index is 798. The Hall–Kier alpha value is -1.75. The van der Waals surface area contributed by atoms with Crippen LogP contribution in [0.3, 0.4) is 0 Å². The van der Waals surface area contributed by atoms with Gasteiger partial charge in [0.05, 0.1) is 22.0 Å². The Labute approximate surface area is 159 Å². The maximum Gasteiger partial charge on any atom is 0.293 e. The molecule has 0 spiro atoms. The van der Waals surface area contributed by atoms with E-state index < -0.39 is 14.9 Å². The number of nitro benzene ring substituents is 1. The Morgan fingerprint density at radius 3 is 2.26 bits per heavy atom. The van der Waals surface area contributed by atoms with Gasteiger partial charge >= 0.3 is 0 Å². The molecule has 10 heteroatoms. The largest absolute Gasteiger partial charge is 0.372 e. The zero-order valence-electron chi connectivity index (χ0n) is 15.9. The van der Waals surface area contributed by atoms with Crippen molar-refractivity contribution in [1.29, 1.82) is 0 Å². The number of rotatable bonds is 4. The highest BCUT2D eigenvalue weighted by atomic mass is 32.2. The van der Waals surface area contributed by atoms with Gasteiger partial charge in [-0.2, -0.15) is 4.31 Å². The van der Waals surface area contributed by atoms with Crippen molar-refractivity contribution >= 4 is 21.4 Å². The molecule has 0 unspecified atom stereocenters. The molecule has 150 valence electrons. The van der Waals surface area contributed by atoms with Crippen LogP contribution in [-0.2, 0) is 14.8 Å². The van der Waals surface area contributed by atoms with Crippen molar-refractivity contribution in [1.82, 2.24) is 9.21 Å². The molecule has 2 saturated heterocycles. The standard InChI is InChI=1S/C17H26N4O5S/c1-13-11-19(12-14(2)26-13)16-5-4-15(10-17(16)21(22)23)27(24,25)20-8-6-18(3)7-9-20/h4-5,10,13-14H,6-9,11-12H2,1-3H3/t13-,14-/m0/s1. The van der Waals surface area contributed by atoms with Crippen molar-refractivity contribution in [3.05, 3.63) is 28.3 Å². The average Bonchev–Trinajstić information content (AvgIpc) is 2.60. The second-order valence-corrected chi connectivity index (χ2v) is 9.22. The number of morpholine rings is 1. The van der Waals surface area contributed by atoms with Gasteiger partial charge in [0.25, 0.3) is 5.69 Å². The number of likely N-dealkylation sites (N-methyl/N-ethyl adjacent to an activating group) is 1. The van der Waals surface area contributed by atoms with Gasteiger partial charge in [-0.05, 0) is 33.0 Å². The highest BCUT2D eigenvalue weighted by molar-refractivity contribution is 7.89. The number of benzene rings is 1. The van der Waals surface area contributed by atoms with E-state index >= 15 is 0 Å². The summed E-state index contributed by atoms with van der Waals surface area (Å²) in [6.45, 7) is 6.93. The molecule has 2 atom stereocenters. The van der Waals surface area contributed by atoms with E-state index in [2.05, 4.69) is 4.90 Å². The lowest BCUT2D eigenvalue weighted by atomic mass is 10.2. The van der Waals surface area contributed by atoms with Gasteiger partial charge in [-0.1, -0.05) is 0 Å². The van der Waals surface area contributed by atoms with E-state index in [9.17, 15) is 18.5 Å². The van der Waals surface area contributed by atoms with E-state index in [0.717, 1.165) is 0 Å².